The molecule has 0 unspecified atom stereocenters. The van der Waals surface area contributed by atoms with E-state index in [0.717, 1.165) is 4.47 Å². The predicted molar refractivity (Wildman–Crippen MR) is 80.7 cm³/mol. The molecule has 1 fully saturated rings. The van der Waals surface area contributed by atoms with Crippen molar-refractivity contribution >= 4 is 33.9 Å². The SMILES string of the molecule is O=C(NCC(=O)c1ccc(Br)cc1)OC(=O)N1CCOCC1. The van der Waals surface area contributed by atoms with Crippen molar-refractivity contribution in [3.05, 3.63) is 34.3 Å². The number of carbonyl (C=O) groups is 3. The second-order valence-corrected chi connectivity index (χ2v) is 5.45. The average Bonchev–Trinajstić information content (AvgIpc) is 2.54. The van der Waals surface area contributed by atoms with Crippen molar-refractivity contribution in [3.63, 3.8) is 0 Å². The summed E-state index contributed by atoms with van der Waals surface area (Å²) < 4.78 is 10.6. The van der Waals surface area contributed by atoms with E-state index in [1.54, 1.807) is 24.3 Å². The molecular weight excluding hydrogens is 356 g/mol. The fraction of sp³-hybridized carbons (Fsp3) is 0.357. The Morgan fingerprint density at radius 1 is 1.18 bits per heavy atom. The monoisotopic (exact) mass is 370 g/mol. The van der Waals surface area contributed by atoms with Crippen LogP contribution in [-0.2, 0) is 9.47 Å². The van der Waals surface area contributed by atoms with Crippen LogP contribution in [0.25, 0.3) is 0 Å². The van der Waals surface area contributed by atoms with Crippen molar-refractivity contribution in [1.82, 2.24) is 10.2 Å². The Kier molecular flexibility index (Phi) is 5.91. The molecule has 0 aliphatic carbocycles. The third-order valence-electron chi connectivity index (χ3n) is 3.01. The zero-order valence-corrected chi connectivity index (χ0v) is 13.3. The van der Waals surface area contributed by atoms with E-state index < -0.39 is 12.2 Å². The highest BCUT2D eigenvalue weighted by Gasteiger charge is 2.21. The van der Waals surface area contributed by atoms with E-state index >= 15 is 0 Å². The van der Waals surface area contributed by atoms with Gasteiger partial charge in [-0.15, -0.1) is 0 Å². The van der Waals surface area contributed by atoms with Crippen molar-refractivity contribution in [1.29, 1.82) is 0 Å². The first-order valence-corrected chi connectivity index (χ1v) is 7.46. The van der Waals surface area contributed by atoms with Crippen LogP contribution in [-0.4, -0.2) is 55.7 Å². The largest absolute Gasteiger partial charge is 0.418 e. The second-order valence-electron chi connectivity index (χ2n) is 4.54. The quantitative estimate of drug-likeness (QED) is 0.647. The number of rotatable bonds is 3. The van der Waals surface area contributed by atoms with Crippen molar-refractivity contribution in [3.8, 4) is 0 Å². The number of benzene rings is 1. The molecule has 1 aliphatic rings. The van der Waals surface area contributed by atoms with Gasteiger partial charge in [-0.1, -0.05) is 28.1 Å². The Labute approximate surface area is 135 Å². The number of nitrogens with one attached hydrogen (secondary N) is 1. The number of halogens is 1. The molecule has 2 rings (SSSR count). The molecule has 1 aromatic carbocycles. The predicted octanol–water partition coefficient (Wildman–Crippen LogP) is 1.81. The molecule has 7 nitrogen and oxygen atoms in total. The number of ether oxygens (including phenoxy) is 2. The van der Waals surface area contributed by atoms with Crippen molar-refractivity contribution in [2.24, 2.45) is 0 Å². The molecule has 118 valence electrons. The van der Waals surface area contributed by atoms with E-state index in [2.05, 4.69) is 26.0 Å². The van der Waals surface area contributed by atoms with Crippen LogP contribution in [0.3, 0.4) is 0 Å². The number of Topliss-reactive ketones (excluding diaryl/α,β-unsaturated/α-hetero) is 1. The lowest BCUT2D eigenvalue weighted by atomic mass is 10.1. The minimum absolute atomic E-state index is 0.239. The first-order chi connectivity index (χ1) is 10.6. The molecule has 1 saturated heterocycles. The van der Waals surface area contributed by atoms with Crippen LogP contribution in [0.4, 0.5) is 9.59 Å². The minimum atomic E-state index is -0.943. The van der Waals surface area contributed by atoms with Gasteiger partial charge in [0.2, 0.25) is 0 Å². The molecule has 0 atom stereocenters. The molecule has 22 heavy (non-hydrogen) atoms. The summed E-state index contributed by atoms with van der Waals surface area (Å²) in [4.78, 5) is 36.4. The van der Waals surface area contributed by atoms with Gasteiger partial charge in [-0.3, -0.25) is 4.79 Å². The zero-order valence-electron chi connectivity index (χ0n) is 11.7. The van der Waals surface area contributed by atoms with E-state index in [-0.39, 0.29) is 12.3 Å². The number of carbonyl (C=O) groups excluding carboxylic acids is 3. The van der Waals surface area contributed by atoms with Gasteiger partial charge in [0, 0.05) is 23.1 Å². The summed E-state index contributed by atoms with van der Waals surface area (Å²) in [6.07, 6.45) is -1.68. The van der Waals surface area contributed by atoms with Crippen LogP contribution in [0, 0.1) is 0 Å². The Balaban J connectivity index is 1.76. The number of alkyl carbamates (subject to hydrolysis) is 1. The maximum absolute atomic E-state index is 11.9. The lowest BCUT2D eigenvalue weighted by molar-refractivity contribution is 0.0354. The smallest absolute Gasteiger partial charge is 0.378 e. The number of hydrogen-bond acceptors (Lipinski definition) is 5. The van der Waals surface area contributed by atoms with Crippen LogP contribution in [0.15, 0.2) is 28.7 Å². The highest BCUT2D eigenvalue weighted by molar-refractivity contribution is 9.10. The molecule has 1 heterocycles. The normalized spacial score (nSPS) is 14.3. The number of morpholine rings is 1. The molecule has 1 N–H and O–H groups in total. The average molecular weight is 371 g/mol. The molecule has 0 radical (unpaired) electrons. The summed E-state index contributed by atoms with van der Waals surface area (Å²) in [5.41, 5.74) is 0.461. The summed E-state index contributed by atoms with van der Waals surface area (Å²) in [5.74, 6) is -0.275. The van der Waals surface area contributed by atoms with Crippen LogP contribution in [0.2, 0.25) is 0 Å². The first kappa shape index (κ1) is 16.4. The molecule has 0 spiro atoms. The standard InChI is InChI=1S/C14H15BrN2O5/c15-11-3-1-10(2-4-11)12(18)9-16-13(19)22-14(20)17-5-7-21-8-6-17/h1-4H,5-9H2,(H,16,19). The van der Waals surface area contributed by atoms with Gasteiger partial charge in [0.1, 0.15) is 0 Å². The molecule has 0 bridgehead atoms. The maximum atomic E-state index is 11.9. The Hall–Kier alpha value is -1.93. The fourth-order valence-corrected chi connectivity index (χ4v) is 2.08. The number of ketones is 1. The lowest BCUT2D eigenvalue weighted by Crippen LogP contribution is -2.43. The summed E-state index contributed by atoms with van der Waals surface area (Å²) in [6.45, 7) is 1.35. The zero-order chi connectivity index (χ0) is 15.9. The van der Waals surface area contributed by atoms with Gasteiger partial charge in [-0.25, -0.2) is 9.59 Å². The number of nitrogens with zero attached hydrogens (tertiary/aromatic N) is 1. The summed E-state index contributed by atoms with van der Waals surface area (Å²) in [5, 5.41) is 2.26. The Morgan fingerprint density at radius 3 is 2.45 bits per heavy atom. The number of hydrogen-bond donors (Lipinski definition) is 1. The van der Waals surface area contributed by atoms with Gasteiger partial charge in [0.05, 0.1) is 19.8 Å². The highest BCUT2D eigenvalue weighted by atomic mass is 79.9. The maximum Gasteiger partial charge on any atom is 0.418 e. The third-order valence-corrected chi connectivity index (χ3v) is 3.54. The van der Waals surface area contributed by atoms with E-state index in [1.807, 2.05) is 0 Å². The summed E-state index contributed by atoms with van der Waals surface area (Å²) in [6, 6.07) is 6.73. The van der Waals surface area contributed by atoms with Gasteiger partial charge in [-0.05, 0) is 12.1 Å². The van der Waals surface area contributed by atoms with E-state index in [0.29, 0.717) is 31.9 Å². The molecule has 0 saturated carbocycles. The van der Waals surface area contributed by atoms with Gasteiger partial charge in [0.15, 0.2) is 5.78 Å². The molecule has 1 aliphatic heterocycles. The summed E-state index contributed by atoms with van der Waals surface area (Å²) >= 11 is 3.27. The fourth-order valence-electron chi connectivity index (χ4n) is 1.82. The van der Waals surface area contributed by atoms with Crippen LogP contribution < -0.4 is 5.32 Å². The Bertz CT molecular complexity index is 555. The van der Waals surface area contributed by atoms with E-state index in [1.165, 1.54) is 4.90 Å². The first-order valence-electron chi connectivity index (χ1n) is 6.67. The van der Waals surface area contributed by atoms with E-state index in [9.17, 15) is 14.4 Å². The topological polar surface area (TPSA) is 84.9 Å². The van der Waals surface area contributed by atoms with Crippen molar-refractivity contribution in [2.75, 3.05) is 32.8 Å². The van der Waals surface area contributed by atoms with Gasteiger partial charge < -0.3 is 19.7 Å². The van der Waals surface area contributed by atoms with E-state index in [4.69, 9.17) is 4.74 Å². The van der Waals surface area contributed by atoms with Gasteiger partial charge in [0.25, 0.3) is 0 Å². The number of amides is 2. The summed E-state index contributed by atoms with van der Waals surface area (Å²) in [7, 11) is 0. The van der Waals surface area contributed by atoms with Crippen LogP contribution in [0.5, 0.6) is 0 Å². The second kappa shape index (κ2) is 7.90. The van der Waals surface area contributed by atoms with Crippen molar-refractivity contribution in [2.45, 2.75) is 0 Å². The molecule has 2 amide bonds. The van der Waals surface area contributed by atoms with Crippen LogP contribution in [0.1, 0.15) is 10.4 Å². The molecular formula is C14H15BrN2O5. The van der Waals surface area contributed by atoms with Crippen molar-refractivity contribution < 1.29 is 23.9 Å². The molecule has 8 heteroatoms. The molecule has 1 aromatic rings. The Morgan fingerprint density at radius 2 is 1.82 bits per heavy atom. The van der Waals surface area contributed by atoms with Gasteiger partial charge >= 0.3 is 12.2 Å². The molecule has 0 aromatic heterocycles. The minimum Gasteiger partial charge on any atom is -0.378 e. The third kappa shape index (κ3) is 4.81. The van der Waals surface area contributed by atoms with Gasteiger partial charge in [-0.2, -0.15) is 0 Å². The lowest BCUT2D eigenvalue weighted by Gasteiger charge is -2.25. The highest BCUT2D eigenvalue weighted by Crippen LogP contribution is 2.10. The van der Waals surface area contributed by atoms with Crippen LogP contribution >= 0.6 is 15.9 Å².